The second-order valence-corrected chi connectivity index (χ2v) is 6.38. The summed E-state index contributed by atoms with van der Waals surface area (Å²) in [6.07, 6.45) is 5.55. The highest BCUT2D eigenvalue weighted by Crippen LogP contribution is 2.47. The van der Waals surface area contributed by atoms with Gasteiger partial charge in [-0.1, -0.05) is 0 Å². The Hall–Kier alpha value is -0.0800. The third kappa shape index (κ3) is 3.46. The topological polar surface area (TPSA) is 12.5 Å². The molecule has 2 nitrogen and oxygen atoms in total. The van der Waals surface area contributed by atoms with Gasteiger partial charge in [0.05, 0.1) is 12.2 Å². The highest BCUT2D eigenvalue weighted by molar-refractivity contribution is 4.96. The average Bonchev–Trinajstić information content (AvgIpc) is 2.69. The molecule has 0 aromatic rings. The first-order chi connectivity index (χ1) is 6.99. The van der Waals surface area contributed by atoms with E-state index in [1.165, 1.54) is 45.3 Å². The first kappa shape index (κ1) is 11.4. The van der Waals surface area contributed by atoms with Gasteiger partial charge >= 0.3 is 0 Å². The van der Waals surface area contributed by atoms with E-state index < -0.39 is 0 Å². The number of rotatable bonds is 4. The highest BCUT2D eigenvalue weighted by Gasteiger charge is 2.45. The van der Waals surface area contributed by atoms with Crippen LogP contribution in [0.15, 0.2) is 0 Å². The predicted molar refractivity (Wildman–Crippen MR) is 63.0 cm³/mol. The molecule has 1 saturated heterocycles. The van der Waals surface area contributed by atoms with E-state index in [1.807, 2.05) is 0 Å². The van der Waals surface area contributed by atoms with Gasteiger partial charge in [-0.15, -0.1) is 0 Å². The lowest BCUT2D eigenvalue weighted by molar-refractivity contribution is -0.0328. The van der Waals surface area contributed by atoms with Crippen molar-refractivity contribution in [2.24, 2.45) is 5.41 Å². The monoisotopic (exact) mass is 211 g/mol. The van der Waals surface area contributed by atoms with Crippen molar-refractivity contribution in [1.29, 1.82) is 0 Å². The minimum absolute atomic E-state index is 0.0284. The van der Waals surface area contributed by atoms with Gasteiger partial charge in [-0.25, -0.2) is 0 Å². The Morgan fingerprint density at radius 1 is 1.13 bits per heavy atom. The van der Waals surface area contributed by atoms with Gasteiger partial charge < -0.3 is 9.64 Å². The van der Waals surface area contributed by atoms with Gasteiger partial charge in [-0.2, -0.15) is 0 Å². The van der Waals surface area contributed by atoms with E-state index in [9.17, 15) is 0 Å². The highest BCUT2D eigenvalue weighted by atomic mass is 16.5. The molecular formula is C13H25NO. The first-order valence-corrected chi connectivity index (χ1v) is 6.36. The quantitative estimate of drug-likeness (QED) is 0.709. The van der Waals surface area contributed by atoms with Crippen molar-refractivity contribution in [2.75, 3.05) is 26.2 Å². The summed E-state index contributed by atoms with van der Waals surface area (Å²) in [6, 6.07) is 0. The maximum absolute atomic E-state index is 5.94. The molecule has 0 unspecified atom stereocenters. The smallest absolute Gasteiger partial charge is 0.0598 e. The van der Waals surface area contributed by atoms with Crippen LogP contribution in [0.3, 0.4) is 0 Å². The third-order valence-electron chi connectivity index (χ3n) is 3.53. The van der Waals surface area contributed by atoms with Crippen molar-refractivity contribution in [1.82, 2.24) is 4.90 Å². The second kappa shape index (κ2) is 4.06. The molecule has 15 heavy (non-hydrogen) atoms. The standard InChI is InChI=1S/C13H25NO/c1-12(2,3)15-11-13(6-7-13)10-14-8-4-5-9-14/h4-11H2,1-3H3. The molecule has 2 fully saturated rings. The molecule has 2 rings (SSSR count). The Balaban J connectivity index is 1.75. The third-order valence-corrected chi connectivity index (χ3v) is 3.53. The summed E-state index contributed by atoms with van der Waals surface area (Å²) in [6.45, 7) is 11.3. The minimum Gasteiger partial charge on any atom is -0.375 e. The summed E-state index contributed by atoms with van der Waals surface area (Å²) in [7, 11) is 0. The summed E-state index contributed by atoms with van der Waals surface area (Å²) in [5, 5.41) is 0. The number of hydrogen-bond acceptors (Lipinski definition) is 2. The maximum Gasteiger partial charge on any atom is 0.0598 e. The second-order valence-electron chi connectivity index (χ2n) is 6.38. The van der Waals surface area contributed by atoms with Crippen LogP contribution in [0.25, 0.3) is 0 Å². The molecule has 0 aromatic carbocycles. The number of ether oxygens (including phenoxy) is 1. The number of likely N-dealkylation sites (tertiary alicyclic amines) is 1. The molecule has 0 aromatic heterocycles. The Bertz CT molecular complexity index is 209. The average molecular weight is 211 g/mol. The molecule has 1 aliphatic carbocycles. The van der Waals surface area contributed by atoms with E-state index in [-0.39, 0.29) is 5.60 Å². The van der Waals surface area contributed by atoms with Gasteiger partial charge in [-0.3, -0.25) is 0 Å². The Labute approximate surface area is 94.0 Å². The molecular weight excluding hydrogens is 186 g/mol. The molecule has 0 spiro atoms. The van der Waals surface area contributed by atoms with Gasteiger partial charge in [0.1, 0.15) is 0 Å². The van der Waals surface area contributed by atoms with Gasteiger partial charge in [0.2, 0.25) is 0 Å². The summed E-state index contributed by atoms with van der Waals surface area (Å²) in [5.74, 6) is 0. The molecule has 88 valence electrons. The van der Waals surface area contributed by atoms with Crippen molar-refractivity contribution in [2.45, 2.75) is 52.1 Å². The zero-order valence-corrected chi connectivity index (χ0v) is 10.5. The molecule has 2 heteroatoms. The summed E-state index contributed by atoms with van der Waals surface area (Å²) < 4.78 is 5.94. The molecule has 0 N–H and O–H groups in total. The summed E-state index contributed by atoms with van der Waals surface area (Å²) in [4.78, 5) is 2.62. The Morgan fingerprint density at radius 3 is 2.20 bits per heavy atom. The fourth-order valence-electron chi connectivity index (χ4n) is 2.31. The lowest BCUT2D eigenvalue weighted by atomic mass is 10.1. The SMILES string of the molecule is CC(C)(C)OCC1(CN2CCCC2)CC1. The fraction of sp³-hybridized carbons (Fsp3) is 1.00. The lowest BCUT2D eigenvalue weighted by Gasteiger charge is -2.27. The maximum atomic E-state index is 5.94. The van der Waals surface area contributed by atoms with Crippen molar-refractivity contribution in [3.8, 4) is 0 Å². The van der Waals surface area contributed by atoms with Crippen LogP contribution in [-0.2, 0) is 4.74 Å². The van der Waals surface area contributed by atoms with E-state index in [2.05, 4.69) is 25.7 Å². The largest absolute Gasteiger partial charge is 0.375 e. The van der Waals surface area contributed by atoms with Crippen molar-refractivity contribution in [3.05, 3.63) is 0 Å². The van der Waals surface area contributed by atoms with Gasteiger partial charge in [0, 0.05) is 12.0 Å². The lowest BCUT2D eigenvalue weighted by Crippen LogP contribution is -2.33. The molecule has 2 aliphatic rings. The molecule has 1 saturated carbocycles. The van der Waals surface area contributed by atoms with Crippen LogP contribution in [0.5, 0.6) is 0 Å². The van der Waals surface area contributed by atoms with E-state index in [4.69, 9.17) is 4.74 Å². The van der Waals surface area contributed by atoms with E-state index in [0.29, 0.717) is 5.41 Å². The van der Waals surface area contributed by atoms with Crippen LogP contribution < -0.4 is 0 Å². The van der Waals surface area contributed by atoms with Crippen molar-refractivity contribution >= 4 is 0 Å². The number of nitrogens with zero attached hydrogens (tertiary/aromatic N) is 1. The molecule has 0 radical (unpaired) electrons. The van der Waals surface area contributed by atoms with Crippen LogP contribution in [0.2, 0.25) is 0 Å². The Kier molecular flexibility index (Phi) is 3.09. The van der Waals surface area contributed by atoms with E-state index in [0.717, 1.165) is 6.61 Å². The zero-order chi connectivity index (χ0) is 10.9. The molecule has 1 aliphatic heterocycles. The summed E-state index contributed by atoms with van der Waals surface area (Å²) in [5.41, 5.74) is 0.554. The Morgan fingerprint density at radius 2 is 1.73 bits per heavy atom. The van der Waals surface area contributed by atoms with E-state index >= 15 is 0 Å². The first-order valence-electron chi connectivity index (χ1n) is 6.36. The van der Waals surface area contributed by atoms with Gasteiger partial charge in [-0.05, 0) is 59.5 Å². The van der Waals surface area contributed by atoms with Crippen LogP contribution in [-0.4, -0.2) is 36.7 Å². The summed E-state index contributed by atoms with van der Waals surface area (Å²) >= 11 is 0. The molecule has 0 atom stereocenters. The van der Waals surface area contributed by atoms with Crippen LogP contribution in [0.1, 0.15) is 46.5 Å². The van der Waals surface area contributed by atoms with Crippen LogP contribution >= 0.6 is 0 Å². The van der Waals surface area contributed by atoms with Gasteiger partial charge in [0.15, 0.2) is 0 Å². The van der Waals surface area contributed by atoms with E-state index in [1.54, 1.807) is 0 Å². The van der Waals surface area contributed by atoms with Crippen LogP contribution in [0.4, 0.5) is 0 Å². The number of hydrogen-bond donors (Lipinski definition) is 0. The predicted octanol–water partition coefficient (Wildman–Crippen LogP) is 2.68. The fourth-order valence-corrected chi connectivity index (χ4v) is 2.31. The normalized spacial score (nSPS) is 25.8. The molecule has 1 heterocycles. The van der Waals surface area contributed by atoms with Crippen LogP contribution in [0, 0.1) is 5.41 Å². The van der Waals surface area contributed by atoms with Crippen molar-refractivity contribution < 1.29 is 4.74 Å². The minimum atomic E-state index is 0.0284. The molecule has 0 bridgehead atoms. The molecule has 0 amide bonds. The van der Waals surface area contributed by atoms with Gasteiger partial charge in [0.25, 0.3) is 0 Å². The zero-order valence-electron chi connectivity index (χ0n) is 10.5. The van der Waals surface area contributed by atoms with Crippen molar-refractivity contribution in [3.63, 3.8) is 0 Å².